The van der Waals surface area contributed by atoms with Crippen molar-refractivity contribution in [2.45, 2.75) is 24.1 Å². The lowest BCUT2D eigenvalue weighted by Gasteiger charge is -2.25. The maximum atomic E-state index is 9.71. The van der Waals surface area contributed by atoms with Crippen molar-refractivity contribution in [2.75, 3.05) is 26.4 Å². The van der Waals surface area contributed by atoms with Gasteiger partial charge in [-0.15, -0.1) is 0 Å². The Hall–Kier alpha value is -0.280. The van der Waals surface area contributed by atoms with E-state index < -0.39 is 30.7 Å². The molecule has 1 aliphatic heterocycles. The molecule has 0 bridgehead atoms. The normalized spacial score (nSPS) is 41.0. The van der Waals surface area contributed by atoms with E-state index in [1.54, 1.807) is 0 Å². The summed E-state index contributed by atoms with van der Waals surface area (Å²) in [5, 5.41) is 45.7. The van der Waals surface area contributed by atoms with Crippen molar-refractivity contribution < 1.29 is 35.0 Å². The van der Waals surface area contributed by atoms with Crippen LogP contribution in [0.1, 0.15) is 0 Å². The van der Waals surface area contributed by atoms with Crippen molar-refractivity contribution in [2.24, 2.45) is 0 Å². The van der Waals surface area contributed by atoms with Crippen LogP contribution in [0.25, 0.3) is 0 Å². The van der Waals surface area contributed by atoms with Crippen LogP contribution in [-0.2, 0) is 9.47 Å². The molecule has 1 unspecified atom stereocenters. The molecule has 5 N–H and O–H groups in total. The highest BCUT2D eigenvalue weighted by atomic mass is 16.7. The summed E-state index contributed by atoms with van der Waals surface area (Å²) in [5.74, 6) is -2.04. The van der Waals surface area contributed by atoms with E-state index >= 15 is 0 Å². The van der Waals surface area contributed by atoms with Gasteiger partial charge >= 0.3 is 0 Å². The molecule has 7 nitrogen and oxygen atoms in total. The fraction of sp³-hybridized carbons (Fsp3) is 1.00. The fourth-order valence-corrected chi connectivity index (χ4v) is 1.42. The Labute approximate surface area is 86.5 Å². The summed E-state index contributed by atoms with van der Waals surface area (Å²) in [6, 6.07) is 0. The molecule has 0 amide bonds. The zero-order valence-electron chi connectivity index (χ0n) is 8.11. The molecule has 0 spiro atoms. The summed E-state index contributed by atoms with van der Waals surface area (Å²) in [6.07, 6.45) is -3.95. The molecule has 1 fully saturated rings. The fourth-order valence-electron chi connectivity index (χ4n) is 1.42. The summed E-state index contributed by atoms with van der Waals surface area (Å²) in [5.41, 5.74) is 0. The van der Waals surface area contributed by atoms with E-state index in [1.165, 1.54) is 0 Å². The molecule has 1 rings (SSSR count). The third kappa shape index (κ3) is 2.64. The van der Waals surface area contributed by atoms with Gasteiger partial charge in [-0.3, -0.25) is 0 Å². The Balaban J connectivity index is 2.53. The topological polar surface area (TPSA) is 120 Å². The molecule has 1 heterocycles. The van der Waals surface area contributed by atoms with Gasteiger partial charge in [0.15, 0.2) is 0 Å². The van der Waals surface area contributed by atoms with Gasteiger partial charge in [-0.1, -0.05) is 0 Å². The Morgan fingerprint density at radius 2 is 1.93 bits per heavy atom. The monoisotopic (exact) mass is 224 g/mol. The summed E-state index contributed by atoms with van der Waals surface area (Å²) in [7, 11) is 0. The molecule has 0 aliphatic carbocycles. The zero-order chi connectivity index (χ0) is 11.5. The molecule has 0 saturated carbocycles. The molecule has 1 saturated heterocycles. The molecule has 0 aromatic heterocycles. The first-order valence-corrected chi connectivity index (χ1v) is 4.61. The lowest BCUT2D eigenvalue weighted by atomic mass is 10.1. The van der Waals surface area contributed by atoms with Crippen molar-refractivity contribution in [1.29, 1.82) is 0 Å². The van der Waals surface area contributed by atoms with Crippen molar-refractivity contribution in [1.82, 2.24) is 0 Å². The first-order valence-electron chi connectivity index (χ1n) is 4.61. The smallest absolute Gasteiger partial charge is 0.219 e. The molecule has 15 heavy (non-hydrogen) atoms. The Morgan fingerprint density at radius 1 is 1.27 bits per heavy atom. The van der Waals surface area contributed by atoms with E-state index in [0.29, 0.717) is 0 Å². The molecule has 90 valence electrons. The van der Waals surface area contributed by atoms with Gasteiger partial charge in [-0.05, 0) is 0 Å². The van der Waals surface area contributed by atoms with Gasteiger partial charge < -0.3 is 35.0 Å². The zero-order valence-corrected chi connectivity index (χ0v) is 8.11. The highest BCUT2D eigenvalue weighted by Crippen LogP contribution is 2.29. The number of rotatable bonds is 5. The SMILES string of the molecule is OCCOCC1(O)O[C@H](CO)[C@@H](O)[C@@H]1O. The standard InChI is InChI=1S/C8H16O7/c9-1-2-14-4-8(13)7(12)6(11)5(3-10)15-8/h5-7,9-13H,1-4H2/t5-,6-,7+,8?/m1/s1. The largest absolute Gasteiger partial charge is 0.394 e. The van der Waals surface area contributed by atoms with E-state index in [9.17, 15) is 15.3 Å². The van der Waals surface area contributed by atoms with Gasteiger partial charge in [0.1, 0.15) is 24.9 Å². The highest BCUT2D eigenvalue weighted by molar-refractivity contribution is 4.95. The summed E-state index contributed by atoms with van der Waals surface area (Å²) >= 11 is 0. The highest BCUT2D eigenvalue weighted by Gasteiger charge is 2.53. The minimum Gasteiger partial charge on any atom is -0.394 e. The molecule has 0 radical (unpaired) electrons. The van der Waals surface area contributed by atoms with E-state index in [2.05, 4.69) is 0 Å². The minimum absolute atomic E-state index is 0.0156. The van der Waals surface area contributed by atoms with Crippen molar-refractivity contribution in [3.05, 3.63) is 0 Å². The molecular formula is C8H16O7. The molecule has 7 heteroatoms. The van der Waals surface area contributed by atoms with Gasteiger partial charge in [-0.2, -0.15) is 0 Å². The molecule has 0 aromatic rings. The summed E-state index contributed by atoms with van der Waals surface area (Å²) in [6.45, 7) is -1.14. The minimum atomic E-state index is -2.04. The molecular weight excluding hydrogens is 208 g/mol. The quantitative estimate of drug-likeness (QED) is 0.312. The number of hydrogen-bond acceptors (Lipinski definition) is 7. The first-order chi connectivity index (χ1) is 7.05. The van der Waals surface area contributed by atoms with Crippen molar-refractivity contribution in [3.63, 3.8) is 0 Å². The second-order valence-electron chi connectivity index (χ2n) is 3.40. The van der Waals surface area contributed by atoms with Crippen LogP contribution in [0, 0.1) is 0 Å². The first kappa shape index (κ1) is 12.8. The van der Waals surface area contributed by atoms with Crippen molar-refractivity contribution >= 4 is 0 Å². The molecule has 1 aliphatic rings. The van der Waals surface area contributed by atoms with E-state index in [1.807, 2.05) is 0 Å². The molecule has 0 aromatic carbocycles. The van der Waals surface area contributed by atoms with Crippen LogP contribution in [0.15, 0.2) is 0 Å². The third-order valence-electron chi connectivity index (χ3n) is 2.25. The van der Waals surface area contributed by atoms with Crippen LogP contribution in [0.5, 0.6) is 0 Å². The second-order valence-corrected chi connectivity index (χ2v) is 3.40. The van der Waals surface area contributed by atoms with Crippen LogP contribution < -0.4 is 0 Å². The summed E-state index contributed by atoms with van der Waals surface area (Å²) in [4.78, 5) is 0. The van der Waals surface area contributed by atoms with E-state index in [4.69, 9.17) is 19.7 Å². The van der Waals surface area contributed by atoms with E-state index in [-0.39, 0.29) is 19.8 Å². The molecule has 4 atom stereocenters. The lowest BCUT2D eigenvalue weighted by Crippen LogP contribution is -2.47. The van der Waals surface area contributed by atoms with Crippen LogP contribution in [0.4, 0.5) is 0 Å². The third-order valence-corrected chi connectivity index (χ3v) is 2.25. The predicted molar refractivity (Wildman–Crippen MR) is 46.8 cm³/mol. The average molecular weight is 224 g/mol. The maximum Gasteiger partial charge on any atom is 0.219 e. The van der Waals surface area contributed by atoms with Crippen LogP contribution in [0.2, 0.25) is 0 Å². The Morgan fingerprint density at radius 3 is 2.40 bits per heavy atom. The van der Waals surface area contributed by atoms with Crippen LogP contribution >= 0.6 is 0 Å². The van der Waals surface area contributed by atoms with Crippen LogP contribution in [-0.4, -0.2) is 76.1 Å². The van der Waals surface area contributed by atoms with Gasteiger partial charge in [-0.25, -0.2) is 0 Å². The van der Waals surface area contributed by atoms with Gasteiger partial charge in [0.2, 0.25) is 5.79 Å². The average Bonchev–Trinajstić information content (AvgIpc) is 2.44. The van der Waals surface area contributed by atoms with E-state index in [0.717, 1.165) is 0 Å². The lowest BCUT2D eigenvalue weighted by molar-refractivity contribution is -0.255. The van der Waals surface area contributed by atoms with Gasteiger partial charge in [0, 0.05) is 0 Å². The summed E-state index contributed by atoms with van der Waals surface area (Å²) < 4.78 is 9.67. The Kier molecular flexibility index (Phi) is 4.41. The van der Waals surface area contributed by atoms with Gasteiger partial charge in [0.05, 0.1) is 19.8 Å². The maximum absolute atomic E-state index is 9.71. The number of hydrogen-bond donors (Lipinski definition) is 5. The van der Waals surface area contributed by atoms with Crippen LogP contribution in [0.3, 0.4) is 0 Å². The number of aliphatic hydroxyl groups excluding tert-OH is 4. The Bertz CT molecular complexity index is 199. The van der Waals surface area contributed by atoms with Gasteiger partial charge in [0.25, 0.3) is 0 Å². The predicted octanol–water partition coefficient (Wildman–Crippen LogP) is -3.20. The number of aliphatic hydroxyl groups is 5. The van der Waals surface area contributed by atoms with Crippen molar-refractivity contribution in [3.8, 4) is 0 Å². The number of ether oxygens (including phenoxy) is 2. The second kappa shape index (κ2) is 5.17.